The molecule has 0 atom stereocenters. The van der Waals surface area contributed by atoms with E-state index in [1.807, 2.05) is 0 Å². The van der Waals surface area contributed by atoms with Gasteiger partial charge < -0.3 is 4.74 Å². The van der Waals surface area contributed by atoms with Crippen LogP contribution < -0.4 is 0 Å². The van der Waals surface area contributed by atoms with Gasteiger partial charge in [-0.1, -0.05) is 0 Å². The van der Waals surface area contributed by atoms with Gasteiger partial charge in [-0.3, -0.25) is 10.1 Å². The van der Waals surface area contributed by atoms with Gasteiger partial charge in [0.25, 0.3) is 0 Å². The predicted octanol–water partition coefficient (Wildman–Crippen LogP) is 3.74. The van der Waals surface area contributed by atoms with Gasteiger partial charge in [-0.2, -0.15) is 30.7 Å². The monoisotopic (exact) mass is 321 g/mol. The van der Waals surface area contributed by atoms with Crippen molar-refractivity contribution in [1.29, 1.82) is 0 Å². The maximum Gasteiger partial charge on any atom is 0.423 e. The quantitative estimate of drug-likeness (QED) is 0.482. The molecule has 0 spiro atoms. The zero-order valence-corrected chi connectivity index (χ0v) is 9.83. The summed E-state index contributed by atoms with van der Waals surface area (Å²) in [5.74, 6) is -1.39. The molecule has 21 heavy (non-hydrogen) atoms. The van der Waals surface area contributed by atoms with E-state index in [0.29, 0.717) is 12.1 Å². The van der Waals surface area contributed by atoms with E-state index in [2.05, 4.69) is 4.74 Å². The number of nitro groups is 1. The second kappa shape index (κ2) is 5.84. The normalized spacial score (nSPS) is 12.8. The Bertz CT molecular complexity index is 512. The molecule has 0 N–H and O–H groups in total. The van der Waals surface area contributed by atoms with E-state index in [1.54, 1.807) is 0 Å². The van der Waals surface area contributed by atoms with Crippen LogP contribution in [0.1, 0.15) is 5.56 Å². The second-order valence-corrected chi connectivity index (χ2v) is 3.82. The van der Waals surface area contributed by atoms with Crippen LogP contribution in [0.5, 0.6) is 0 Å². The highest BCUT2D eigenvalue weighted by Gasteiger charge is 2.57. The van der Waals surface area contributed by atoms with Crippen LogP contribution in [0.25, 0.3) is 0 Å². The summed E-state index contributed by atoms with van der Waals surface area (Å²) >= 11 is 0. The summed E-state index contributed by atoms with van der Waals surface area (Å²) < 4.78 is 89.8. The lowest BCUT2D eigenvalue weighted by Gasteiger charge is -2.23. The lowest BCUT2D eigenvalue weighted by atomic mass is 10.2. The summed E-state index contributed by atoms with van der Waals surface area (Å²) in [6.07, 6.45) is -15.4. The Balaban J connectivity index is 2.87. The number of hydrogen-bond acceptors (Lipinski definition) is 3. The topological polar surface area (TPSA) is 52.4 Å². The minimum absolute atomic E-state index is 0.406. The highest BCUT2D eigenvalue weighted by atomic mass is 19.4. The fourth-order valence-electron chi connectivity index (χ4n) is 1.34. The summed E-state index contributed by atoms with van der Waals surface area (Å²) in [6.45, 7) is -1.21. The number of rotatable bonds is 4. The Morgan fingerprint density at radius 1 is 1.14 bits per heavy atom. The minimum atomic E-state index is -5.68. The van der Waals surface area contributed by atoms with Crippen LogP contribution in [0, 0.1) is 15.9 Å². The van der Waals surface area contributed by atoms with Gasteiger partial charge in [0.05, 0.1) is 11.5 Å². The molecule has 0 unspecified atom stereocenters. The molecule has 118 valence electrons. The summed E-state index contributed by atoms with van der Waals surface area (Å²) in [5, 5.41) is 10.3. The molecule has 1 rings (SSSR count). The van der Waals surface area contributed by atoms with Gasteiger partial charge in [0.15, 0.2) is 0 Å². The molecule has 0 fully saturated rings. The molecule has 0 saturated heterocycles. The molecular formula is C10H6F7NO3. The fourth-order valence-corrected chi connectivity index (χ4v) is 1.34. The predicted molar refractivity (Wildman–Crippen MR) is 53.7 cm³/mol. The van der Waals surface area contributed by atoms with Crippen molar-refractivity contribution in [3.8, 4) is 0 Å². The van der Waals surface area contributed by atoms with E-state index in [1.165, 1.54) is 0 Å². The minimum Gasteiger partial charge on any atom is -0.356 e. The van der Waals surface area contributed by atoms with Crippen molar-refractivity contribution in [3.63, 3.8) is 0 Å². The molecule has 0 aliphatic rings. The molecule has 0 aliphatic heterocycles. The van der Waals surface area contributed by atoms with E-state index in [0.717, 1.165) is 6.07 Å². The van der Waals surface area contributed by atoms with Crippen molar-refractivity contribution >= 4 is 5.69 Å². The Morgan fingerprint density at radius 3 is 2.05 bits per heavy atom. The van der Waals surface area contributed by atoms with Crippen molar-refractivity contribution in [1.82, 2.24) is 0 Å². The van der Waals surface area contributed by atoms with Gasteiger partial charge in [-0.15, -0.1) is 0 Å². The van der Waals surface area contributed by atoms with Crippen molar-refractivity contribution < 1.29 is 40.4 Å². The molecular weight excluding hydrogens is 315 g/mol. The fraction of sp³-hybridized carbons (Fsp3) is 0.400. The number of nitrogens with zero attached hydrogens (tertiary/aromatic N) is 1. The maximum atomic E-state index is 13.2. The first-order valence-electron chi connectivity index (χ1n) is 5.10. The number of alkyl halides is 6. The number of benzene rings is 1. The SMILES string of the molecule is O=[N+]([O-])c1ccc(COC(C(F)(F)F)C(F)(F)F)cc1F. The largest absolute Gasteiger partial charge is 0.423 e. The first kappa shape index (κ1) is 17.1. The smallest absolute Gasteiger partial charge is 0.356 e. The zero-order chi connectivity index (χ0) is 16.4. The maximum absolute atomic E-state index is 13.2. The molecule has 0 radical (unpaired) electrons. The van der Waals surface area contributed by atoms with Crippen molar-refractivity contribution in [2.75, 3.05) is 0 Å². The third-order valence-corrected chi connectivity index (χ3v) is 2.22. The summed E-state index contributed by atoms with van der Waals surface area (Å²) in [5.41, 5.74) is -1.36. The third kappa shape index (κ3) is 4.55. The van der Waals surface area contributed by atoms with Gasteiger partial charge in [0, 0.05) is 6.07 Å². The highest BCUT2D eigenvalue weighted by Crippen LogP contribution is 2.36. The zero-order valence-electron chi connectivity index (χ0n) is 9.83. The molecule has 0 aromatic heterocycles. The van der Waals surface area contributed by atoms with Gasteiger partial charge >= 0.3 is 18.0 Å². The van der Waals surface area contributed by atoms with Crippen LogP contribution in [0.2, 0.25) is 0 Å². The lowest BCUT2D eigenvalue weighted by molar-refractivity contribution is -0.387. The number of halogens is 7. The number of ether oxygens (including phenoxy) is 1. The van der Waals surface area contributed by atoms with Crippen LogP contribution in [0.4, 0.5) is 36.4 Å². The average Bonchev–Trinajstić information content (AvgIpc) is 2.24. The van der Waals surface area contributed by atoms with Gasteiger partial charge in [-0.25, -0.2) is 0 Å². The molecule has 4 nitrogen and oxygen atoms in total. The first-order valence-corrected chi connectivity index (χ1v) is 5.10. The third-order valence-electron chi connectivity index (χ3n) is 2.22. The van der Waals surface area contributed by atoms with Crippen LogP contribution in [0.15, 0.2) is 18.2 Å². The van der Waals surface area contributed by atoms with Crippen molar-refractivity contribution in [3.05, 3.63) is 39.7 Å². The standard InChI is InChI=1S/C10H6F7NO3/c11-6-3-5(1-2-7(6)18(19)20)4-21-8(9(12,13)14)10(15,16)17/h1-3,8H,4H2. The lowest BCUT2D eigenvalue weighted by Crippen LogP contribution is -2.44. The number of nitro benzene ring substituents is 1. The van der Waals surface area contributed by atoms with E-state index >= 15 is 0 Å². The van der Waals surface area contributed by atoms with E-state index in [4.69, 9.17) is 0 Å². The molecule has 0 aliphatic carbocycles. The van der Waals surface area contributed by atoms with Crippen molar-refractivity contribution in [2.24, 2.45) is 0 Å². The van der Waals surface area contributed by atoms with Crippen LogP contribution in [0.3, 0.4) is 0 Å². The Hall–Kier alpha value is -1.91. The molecule has 1 aromatic rings. The van der Waals surface area contributed by atoms with Crippen LogP contribution >= 0.6 is 0 Å². The van der Waals surface area contributed by atoms with Gasteiger partial charge in [-0.05, 0) is 17.7 Å². The summed E-state index contributed by atoms with van der Waals surface area (Å²) in [4.78, 5) is 9.21. The van der Waals surface area contributed by atoms with Crippen LogP contribution in [-0.2, 0) is 11.3 Å². The second-order valence-electron chi connectivity index (χ2n) is 3.82. The molecule has 0 heterocycles. The van der Waals surface area contributed by atoms with Gasteiger partial charge in [0.2, 0.25) is 11.9 Å². The molecule has 0 amide bonds. The van der Waals surface area contributed by atoms with Crippen LogP contribution in [-0.4, -0.2) is 23.4 Å². The summed E-state index contributed by atoms with van der Waals surface area (Å²) in [6, 6.07) is 1.84. The Kier molecular flexibility index (Phi) is 4.76. The molecule has 1 aromatic carbocycles. The molecule has 0 bridgehead atoms. The molecule has 11 heteroatoms. The van der Waals surface area contributed by atoms with E-state index < -0.39 is 47.1 Å². The first-order chi connectivity index (χ1) is 9.43. The Morgan fingerprint density at radius 2 is 1.67 bits per heavy atom. The van der Waals surface area contributed by atoms with Crippen molar-refractivity contribution in [2.45, 2.75) is 25.1 Å². The van der Waals surface area contributed by atoms with Gasteiger partial charge in [0.1, 0.15) is 0 Å². The van der Waals surface area contributed by atoms with E-state index in [-0.39, 0.29) is 0 Å². The number of hydrogen-bond donors (Lipinski definition) is 0. The Labute approximate surface area is 112 Å². The van der Waals surface area contributed by atoms with E-state index in [9.17, 15) is 40.8 Å². The summed E-state index contributed by atoms with van der Waals surface area (Å²) in [7, 11) is 0. The average molecular weight is 321 g/mol. The highest BCUT2D eigenvalue weighted by molar-refractivity contribution is 5.34. The molecule has 0 saturated carbocycles.